The van der Waals surface area contributed by atoms with Gasteiger partial charge in [0.1, 0.15) is 0 Å². The van der Waals surface area contributed by atoms with Crippen molar-refractivity contribution in [3.05, 3.63) is 60.2 Å². The second kappa shape index (κ2) is 7.56. The van der Waals surface area contributed by atoms with Crippen molar-refractivity contribution in [1.29, 1.82) is 0 Å². The average Bonchev–Trinajstić information content (AvgIpc) is 2.69. The quantitative estimate of drug-likeness (QED) is 0.581. The molecule has 25 heavy (non-hydrogen) atoms. The van der Waals surface area contributed by atoms with E-state index in [-0.39, 0.29) is 0 Å². The molecule has 0 amide bonds. The first-order valence-electron chi connectivity index (χ1n) is 9.98. The van der Waals surface area contributed by atoms with Crippen molar-refractivity contribution in [3.8, 4) is 11.1 Å². The monoisotopic (exact) mass is 332 g/mol. The molecule has 3 atom stereocenters. The number of carbonyl (C=O) groups is 1. The summed E-state index contributed by atoms with van der Waals surface area (Å²) in [7, 11) is 0. The van der Waals surface area contributed by atoms with Crippen LogP contribution in [0.3, 0.4) is 0 Å². The summed E-state index contributed by atoms with van der Waals surface area (Å²) in [5.41, 5.74) is 3.27. The summed E-state index contributed by atoms with van der Waals surface area (Å²) < 4.78 is 0. The Morgan fingerprint density at radius 2 is 1.44 bits per heavy atom. The molecule has 0 unspecified atom stereocenters. The molecule has 0 bridgehead atoms. The first-order valence-corrected chi connectivity index (χ1v) is 9.98. The Bertz CT molecular complexity index is 701. The third-order valence-corrected chi connectivity index (χ3v) is 6.44. The summed E-state index contributed by atoms with van der Waals surface area (Å²) in [6, 6.07) is 18.5. The predicted octanol–water partition coefficient (Wildman–Crippen LogP) is 6.53. The molecular formula is C24H28O. The number of hydrogen-bond donors (Lipinski definition) is 0. The van der Waals surface area contributed by atoms with E-state index in [2.05, 4.69) is 36.4 Å². The van der Waals surface area contributed by atoms with Crippen LogP contribution in [0.1, 0.15) is 61.7 Å². The van der Waals surface area contributed by atoms with Gasteiger partial charge in [0.05, 0.1) is 0 Å². The van der Waals surface area contributed by atoms with Gasteiger partial charge in [-0.2, -0.15) is 0 Å². The molecule has 2 aromatic carbocycles. The van der Waals surface area contributed by atoms with E-state index >= 15 is 0 Å². The Morgan fingerprint density at radius 3 is 2.20 bits per heavy atom. The summed E-state index contributed by atoms with van der Waals surface area (Å²) in [5.74, 6) is 2.81. The van der Waals surface area contributed by atoms with Gasteiger partial charge in [-0.3, -0.25) is 4.79 Å². The molecule has 0 radical (unpaired) electrons. The van der Waals surface area contributed by atoms with E-state index in [0.717, 1.165) is 23.8 Å². The zero-order valence-electron chi connectivity index (χ0n) is 15.0. The minimum Gasteiger partial charge on any atom is -0.294 e. The molecule has 1 nitrogen and oxygen atoms in total. The molecule has 0 N–H and O–H groups in total. The van der Waals surface area contributed by atoms with E-state index < -0.39 is 0 Å². The minimum absolute atomic E-state index is 0.332. The van der Waals surface area contributed by atoms with E-state index in [1.54, 1.807) is 0 Å². The third kappa shape index (κ3) is 3.86. The van der Waals surface area contributed by atoms with Crippen molar-refractivity contribution >= 4 is 5.78 Å². The van der Waals surface area contributed by atoms with Crippen molar-refractivity contribution in [3.63, 3.8) is 0 Å². The van der Waals surface area contributed by atoms with Crippen LogP contribution >= 0.6 is 0 Å². The Hall–Kier alpha value is -1.89. The second-order valence-corrected chi connectivity index (χ2v) is 8.05. The number of hydrogen-bond acceptors (Lipinski definition) is 1. The molecule has 2 aromatic rings. The lowest BCUT2D eigenvalue weighted by Gasteiger charge is -2.39. The molecule has 130 valence electrons. The lowest BCUT2D eigenvalue weighted by Crippen LogP contribution is -2.28. The van der Waals surface area contributed by atoms with Crippen LogP contribution in [0.25, 0.3) is 11.1 Å². The SMILES string of the molecule is O=C(C[C@@H]1CC[C@H]2CCCC[C@@H]2C1)c1ccc(-c2ccccc2)cc1. The molecule has 2 aliphatic rings. The van der Waals surface area contributed by atoms with Crippen LogP contribution in [-0.2, 0) is 0 Å². The van der Waals surface area contributed by atoms with Crippen LogP contribution in [0.15, 0.2) is 54.6 Å². The number of benzene rings is 2. The van der Waals surface area contributed by atoms with Crippen molar-refractivity contribution in [2.45, 2.75) is 51.4 Å². The first kappa shape index (κ1) is 16.6. The number of fused-ring (bicyclic) bond motifs is 1. The lowest BCUT2D eigenvalue weighted by atomic mass is 9.66. The van der Waals surface area contributed by atoms with E-state index in [9.17, 15) is 4.79 Å². The van der Waals surface area contributed by atoms with Gasteiger partial charge >= 0.3 is 0 Å². The van der Waals surface area contributed by atoms with Crippen molar-refractivity contribution < 1.29 is 4.79 Å². The maximum atomic E-state index is 12.7. The highest BCUT2D eigenvalue weighted by molar-refractivity contribution is 5.96. The Kier molecular flexibility index (Phi) is 5.01. The second-order valence-electron chi connectivity index (χ2n) is 8.05. The average molecular weight is 332 g/mol. The topological polar surface area (TPSA) is 17.1 Å². The highest BCUT2D eigenvalue weighted by Gasteiger charge is 2.32. The predicted molar refractivity (Wildman–Crippen MR) is 104 cm³/mol. The number of Topliss-reactive ketones (excluding diaryl/α,β-unsaturated/α-hetero) is 1. The lowest BCUT2D eigenvalue weighted by molar-refractivity contribution is 0.0877. The van der Waals surface area contributed by atoms with E-state index in [4.69, 9.17) is 0 Å². The van der Waals surface area contributed by atoms with E-state index in [0.29, 0.717) is 11.7 Å². The van der Waals surface area contributed by atoms with Gasteiger partial charge in [-0.1, -0.05) is 80.3 Å². The maximum absolute atomic E-state index is 12.7. The molecule has 0 aliphatic heterocycles. The van der Waals surface area contributed by atoms with Crippen molar-refractivity contribution in [2.75, 3.05) is 0 Å². The molecular weight excluding hydrogens is 304 g/mol. The minimum atomic E-state index is 0.332. The molecule has 0 aromatic heterocycles. The van der Waals surface area contributed by atoms with Gasteiger partial charge in [0.25, 0.3) is 0 Å². The standard InChI is InChI=1S/C24H28O/c25-24(17-18-10-11-20-8-4-5-9-23(20)16-18)22-14-12-21(13-15-22)19-6-2-1-3-7-19/h1-3,6-7,12-15,18,20,23H,4-5,8-11,16-17H2/t18-,20-,23-/m1/s1. The van der Waals surface area contributed by atoms with Crippen LogP contribution < -0.4 is 0 Å². The molecule has 4 rings (SSSR count). The smallest absolute Gasteiger partial charge is 0.163 e. The molecule has 2 aliphatic carbocycles. The van der Waals surface area contributed by atoms with Crippen molar-refractivity contribution in [2.24, 2.45) is 17.8 Å². The summed E-state index contributed by atoms with van der Waals surface area (Å²) in [6.07, 6.45) is 10.3. The van der Waals surface area contributed by atoms with Gasteiger partial charge in [0.15, 0.2) is 5.78 Å². The Balaban J connectivity index is 1.38. The summed E-state index contributed by atoms with van der Waals surface area (Å²) in [6.45, 7) is 0. The zero-order chi connectivity index (χ0) is 17.1. The molecule has 1 heteroatoms. The van der Waals surface area contributed by atoms with Crippen LogP contribution in [0.2, 0.25) is 0 Å². The highest BCUT2D eigenvalue weighted by Crippen LogP contribution is 2.43. The fourth-order valence-corrected chi connectivity index (χ4v) is 5.02. The van der Waals surface area contributed by atoms with Crippen LogP contribution in [0, 0.1) is 17.8 Å². The first-order chi connectivity index (χ1) is 12.3. The largest absolute Gasteiger partial charge is 0.294 e. The number of ketones is 1. The molecule has 0 heterocycles. The third-order valence-electron chi connectivity index (χ3n) is 6.44. The Labute approximate surface area is 151 Å². The summed E-state index contributed by atoms with van der Waals surface area (Å²) >= 11 is 0. The van der Waals surface area contributed by atoms with Gasteiger partial charge in [-0.25, -0.2) is 0 Å². The molecule has 2 saturated carbocycles. The normalized spacial score (nSPS) is 26.0. The maximum Gasteiger partial charge on any atom is 0.163 e. The van der Waals surface area contributed by atoms with Crippen molar-refractivity contribution in [1.82, 2.24) is 0 Å². The zero-order valence-corrected chi connectivity index (χ0v) is 15.0. The van der Waals surface area contributed by atoms with Gasteiger partial charge in [-0.15, -0.1) is 0 Å². The highest BCUT2D eigenvalue weighted by atomic mass is 16.1. The number of carbonyl (C=O) groups excluding carboxylic acids is 1. The van der Waals surface area contributed by atoms with Gasteiger partial charge < -0.3 is 0 Å². The summed E-state index contributed by atoms with van der Waals surface area (Å²) in [4.78, 5) is 12.7. The van der Waals surface area contributed by atoms with Crippen LogP contribution in [0.5, 0.6) is 0 Å². The Morgan fingerprint density at radius 1 is 0.760 bits per heavy atom. The van der Waals surface area contributed by atoms with Crippen LogP contribution in [-0.4, -0.2) is 5.78 Å². The van der Waals surface area contributed by atoms with E-state index in [1.165, 1.54) is 56.1 Å². The number of rotatable bonds is 4. The molecule has 2 fully saturated rings. The van der Waals surface area contributed by atoms with E-state index in [1.807, 2.05) is 18.2 Å². The summed E-state index contributed by atoms with van der Waals surface area (Å²) in [5, 5.41) is 0. The van der Waals surface area contributed by atoms with Gasteiger partial charge in [0, 0.05) is 12.0 Å². The molecule has 0 saturated heterocycles. The van der Waals surface area contributed by atoms with Gasteiger partial charge in [0.2, 0.25) is 0 Å². The fraction of sp³-hybridized carbons (Fsp3) is 0.458. The fourth-order valence-electron chi connectivity index (χ4n) is 5.02. The van der Waals surface area contributed by atoms with Crippen LogP contribution in [0.4, 0.5) is 0 Å². The van der Waals surface area contributed by atoms with Gasteiger partial charge in [-0.05, 0) is 48.1 Å². The molecule has 0 spiro atoms.